The standard InChI is InChI=1S/C15H20OSi/c1-17(2,3)16-15-11-7-6-10-14(15)12-13-8-4-5-9-13/h4,6-11H,5,12H2,1-3H3. The van der Waals surface area contributed by atoms with Crippen molar-refractivity contribution in [3.05, 3.63) is 53.6 Å². The van der Waals surface area contributed by atoms with Crippen molar-refractivity contribution in [2.45, 2.75) is 32.5 Å². The molecule has 0 heterocycles. The van der Waals surface area contributed by atoms with Gasteiger partial charge in [0.2, 0.25) is 8.32 Å². The summed E-state index contributed by atoms with van der Waals surface area (Å²) in [6.45, 7) is 6.66. The van der Waals surface area contributed by atoms with Gasteiger partial charge >= 0.3 is 0 Å². The molecular formula is C15H20OSi. The second-order valence-electron chi connectivity index (χ2n) is 5.42. The fourth-order valence-electron chi connectivity index (χ4n) is 1.94. The maximum Gasteiger partial charge on any atom is 0.242 e. The summed E-state index contributed by atoms with van der Waals surface area (Å²) >= 11 is 0. The highest BCUT2D eigenvalue weighted by molar-refractivity contribution is 6.70. The van der Waals surface area contributed by atoms with Crippen molar-refractivity contribution in [3.63, 3.8) is 0 Å². The lowest BCUT2D eigenvalue weighted by Crippen LogP contribution is -2.29. The van der Waals surface area contributed by atoms with Crippen LogP contribution in [0.3, 0.4) is 0 Å². The summed E-state index contributed by atoms with van der Waals surface area (Å²) in [4.78, 5) is 0. The summed E-state index contributed by atoms with van der Waals surface area (Å²) in [5, 5.41) is 0. The predicted molar refractivity (Wildman–Crippen MR) is 76.0 cm³/mol. The van der Waals surface area contributed by atoms with Crippen LogP contribution in [0.2, 0.25) is 19.6 Å². The van der Waals surface area contributed by atoms with Crippen LogP contribution in [0.4, 0.5) is 0 Å². The van der Waals surface area contributed by atoms with Crippen molar-refractivity contribution in [2.75, 3.05) is 0 Å². The minimum atomic E-state index is -1.52. The van der Waals surface area contributed by atoms with Crippen molar-refractivity contribution in [1.29, 1.82) is 0 Å². The van der Waals surface area contributed by atoms with E-state index >= 15 is 0 Å². The Bertz CT molecular complexity index is 452. The van der Waals surface area contributed by atoms with E-state index in [1.807, 2.05) is 0 Å². The van der Waals surface area contributed by atoms with Crippen LogP contribution in [0.1, 0.15) is 12.0 Å². The van der Waals surface area contributed by atoms with E-state index in [9.17, 15) is 0 Å². The van der Waals surface area contributed by atoms with Gasteiger partial charge in [-0.15, -0.1) is 0 Å². The quantitative estimate of drug-likeness (QED) is 0.716. The van der Waals surface area contributed by atoms with Gasteiger partial charge in [0.05, 0.1) is 0 Å². The Hall–Kier alpha value is -1.28. The normalized spacial score (nSPS) is 14.9. The number of rotatable bonds is 4. The number of para-hydroxylation sites is 1. The Morgan fingerprint density at radius 1 is 1.18 bits per heavy atom. The van der Waals surface area contributed by atoms with Crippen LogP contribution in [0.25, 0.3) is 0 Å². The molecule has 2 heteroatoms. The summed E-state index contributed by atoms with van der Waals surface area (Å²) in [6.07, 6.45) is 8.76. The van der Waals surface area contributed by atoms with E-state index in [4.69, 9.17) is 4.43 Å². The highest BCUT2D eigenvalue weighted by Crippen LogP contribution is 2.25. The average Bonchev–Trinajstić information content (AvgIpc) is 2.71. The van der Waals surface area contributed by atoms with Crippen LogP contribution in [0, 0.1) is 0 Å². The Morgan fingerprint density at radius 3 is 2.59 bits per heavy atom. The third-order valence-electron chi connectivity index (χ3n) is 2.63. The highest BCUT2D eigenvalue weighted by Gasteiger charge is 2.18. The molecule has 1 aromatic rings. The zero-order valence-corrected chi connectivity index (χ0v) is 11.9. The second-order valence-corrected chi connectivity index (χ2v) is 9.84. The van der Waals surface area contributed by atoms with Gasteiger partial charge in [-0.2, -0.15) is 0 Å². The summed E-state index contributed by atoms with van der Waals surface area (Å²) in [5.74, 6) is 1.06. The van der Waals surface area contributed by atoms with Gasteiger partial charge in [-0.05, 0) is 43.3 Å². The molecule has 0 bridgehead atoms. The minimum absolute atomic E-state index is 0.983. The van der Waals surface area contributed by atoms with Crippen molar-refractivity contribution in [1.82, 2.24) is 0 Å². The number of hydrogen-bond donors (Lipinski definition) is 0. The third-order valence-corrected chi connectivity index (χ3v) is 3.46. The van der Waals surface area contributed by atoms with Crippen LogP contribution in [0.5, 0.6) is 5.75 Å². The van der Waals surface area contributed by atoms with E-state index in [-0.39, 0.29) is 0 Å². The Kier molecular flexibility index (Phi) is 3.53. The van der Waals surface area contributed by atoms with Crippen LogP contribution in [-0.2, 0) is 6.42 Å². The molecule has 0 unspecified atom stereocenters. The lowest BCUT2D eigenvalue weighted by atomic mass is 10.1. The number of allylic oxidation sites excluding steroid dienone is 4. The van der Waals surface area contributed by atoms with E-state index in [1.165, 1.54) is 11.1 Å². The zero-order valence-electron chi connectivity index (χ0n) is 10.9. The first kappa shape index (κ1) is 12.2. The molecule has 2 rings (SSSR count). The topological polar surface area (TPSA) is 9.23 Å². The first-order valence-electron chi connectivity index (χ1n) is 6.17. The predicted octanol–water partition coefficient (Wildman–Crippen LogP) is 4.33. The molecule has 0 saturated carbocycles. The number of benzene rings is 1. The fraction of sp³-hybridized carbons (Fsp3) is 0.333. The second kappa shape index (κ2) is 4.92. The lowest BCUT2D eigenvalue weighted by Gasteiger charge is -2.21. The van der Waals surface area contributed by atoms with Crippen molar-refractivity contribution >= 4 is 8.32 Å². The summed E-state index contributed by atoms with van der Waals surface area (Å²) in [5.41, 5.74) is 2.70. The van der Waals surface area contributed by atoms with Crippen LogP contribution in [0.15, 0.2) is 48.1 Å². The van der Waals surface area contributed by atoms with Crippen molar-refractivity contribution < 1.29 is 4.43 Å². The maximum absolute atomic E-state index is 6.13. The van der Waals surface area contributed by atoms with Gasteiger partial charge in [-0.3, -0.25) is 0 Å². The molecule has 0 radical (unpaired) electrons. The molecule has 0 aliphatic heterocycles. The Labute approximate surface area is 105 Å². The zero-order chi connectivity index (χ0) is 12.3. The molecule has 0 saturated heterocycles. The molecule has 1 aromatic carbocycles. The van der Waals surface area contributed by atoms with Gasteiger partial charge < -0.3 is 4.43 Å². The van der Waals surface area contributed by atoms with Crippen LogP contribution in [-0.4, -0.2) is 8.32 Å². The van der Waals surface area contributed by atoms with Crippen molar-refractivity contribution in [3.8, 4) is 5.75 Å². The highest BCUT2D eigenvalue weighted by atomic mass is 28.4. The average molecular weight is 244 g/mol. The summed E-state index contributed by atoms with van der Waals surface area (Å²) in [6, 6.07) is 8.40. The minimum Gasteiger partial charge on any atom is -0.544 e. The first-order chi connectivity index (χ1) is 8.04. The Balaban J connectivity index is 2.18. The number of hydrogen-bond acceptors (Lipinski definition) is 1. The van der Waals surface area contributed by atoms with E-state index < -0.39 is 8.32 Å². The van der Waals surface area contributed by atoms with E-state index in [0.717, 1.165) is 18.6 Å². The Morgan fingerprint density at radius 2 is 1.94 bits per heavy atom. The lowest BCUT2D eigenvalue weighted by molar-refractivity contribution is 0.551. The largest absolute Gasteiger partial charge is 0.544 e. The molecule has 0 N–H and O–H groups in total. The third kappa shape index (κ3) is 3.60. The molecule has 1 aliphatic rings. The molecule has 0 fully saturated rings. The molecule has 0 atom stereocenters. The fourth-order valence-corrected chi connectivity index (χ4v) is 2.80. The van der Waals surface area contributed by atoms with Gasteiger partial charge in [-0.25, -0.2) is 0 Å². The van der Waals surface area contributed by atoms with Gasteiger partial charge in [0, 0.05) is 6.42 Å². The van der Waals surface area contributed by atoms with Gasteiger partial charge in [0.15, 0.2) is 0 Å². The maximum atomic E-state index is 6.13. The molecule has 0 amide bonds. The summed E-state index contributed by atoms with van der Waals surface area (Å²) in [7, 11) is -1.52. The molecule has 90 valence electrons. The molecule has 17 heavy (non-hydrogen) atoms. The van der Waals surface area contributed by atoms with Gasteiger partial charge in [0.25, 0.3) is 0 Å². The van der Waals surface area contributed by atoms with Gasteiger partial charge in [0.1, 0.15) is 5.75 Å². The molecule has 1 nitrogen and oxygen atoms in total. The molecular weight excluding hydrogens is 224 g/mol. The smallest absolute Gasteiger partial charge is 0.242 e. The van der Waals surface area contributed by atoms with E-state index in [0.29, 0.717) is 0 Å². The first-order valence-corrected chi connectivity index (χ1v) is 9.58. The van der Waals surface area contributed by atoms with E-state index in [2.05, 4.69) is 62.1 Å². The summed E-state index contributed by atoms with van der Waals surface area (Å²) < 4.78 is 6.13. The van der Waals surface area contributed by atoms with Crippen molar-refractivity contribution in [2.24, 2.45) is 0 Å². The molecule has 1 aliphatic carbocycles. The molecule has 0 spiro atoms. The monoisotopic (exact) mass is 244 g/mol. The van der Waals surface area contributed by atoms with Crippen LogP contribution >= 0.6 is 0 Å². The van der Waals surface area contributed by atoms with Gasteiger partial charge in [-0.1, -0.05) is 36.4 Å². The SMILES string of the molecule is C[Si](C)(C)Oc1ccccc1CC1=CCC=C1. The van der Waals surface area contributed by atoms with Crippen LogP contribution < -0.4 is 4.43 Å². The molecule has 0 aromatic heterocycles. The van der Waals surface area contributed by atoms with E-state index in [1.54, 1.807) is 0 Å².